The van der Waals surface area contributed by atoms with Gasteiger partial charge in [0.1, 0.15) is 0 Å². The highest BCUT2D eigenvalue weighted by molar-refractivity contribution is 7.99. The number of hydrogen-bond donors (Lipinski definition) is 0. The maximum Gasteiger partial charge on any atom is 0.312 e. The van der Waals surface area contributed by atoms with Crippen LogP contribution in [0.3, 0.4) is 0 Å². The van der Waals surface area contributed by atoms with Gasteiger partial charge < -0.3 is 4.74 Å². The molecule has 24 heavy (non-hydrogen) atoms. The molecule has 0 radical (unpaired) electrons. The van der Waals surface area contributed by atoms with Gasteiger partial charge in [-0.05, 0) is 55.9 Å². The van der Waals surface area contributed by atoms with Gasteiger partial charge >= 0.3 is 5.97 Å². The van der Waals surface area contributed by atoms with Crippen molar-refractivity contribution in [2.24, 2.45) is 28.6 Å². The fourth-order valence-electron chi connectivity index (χ4n) is 5.75. The van der Waals surface area contributed by atoms with Gasteiger partial charge in [-0.1, -0.05) is 25.5 Å². The predicted octanol–water partition coefficient (Wildman–Crippen LogP) is 3.79. The summed E-state index contributed by atoms with van der Waals surface area (Å²) >= 11 is 2.00. The van der Waals surface area contributed by atoms with Crippen LogP contribution >= 0.6 is 11.8 Å². The number of carbonyl (C=O) groups excluding carboxylic acids is 2. The van der Waals surface area contributed by atoms with Gasteiger partial charge in [-0.3, -0.25) is 9.59 Å². The molecule has 2 saturated carbocycles. The van der Waals surface area contributed by atoms with Crippen molar-refractivity contribution < 1.29 is 14.3 Å². The molecule has 0 N–H and O–H groups in total. The third-order valence-electron chi connectivity index (χ3n) is 7.19. The third kappa shape index (κ3) is 2.11. The van der Waals surface area contributed by atoms with Crippen LogP contribution in [0.5, 0.6) is 0 Å². The summed E-state index contributed by atoms with van der Waals surface area (Å²) in [7, 11) is 0. The number of fused-ring (bicyclic) bond motifs is 5. The summed E-state index contributed by atoms with van der Waals surface area (Å²) in [6.07, 6.45) is 8.69. The molecule has 1 heterocycles. The smallest absolute Gasteiger partial charge is 0.312 e. The van der Waals surface area contributed by atoms with Crippen molar-refractivity contribution in [1.82, 2.24) is 0 Å². The van der Waals surface area contributed by atoms with E-state index < -0.39 is 0 Å². The van der Waals surface area contributed by atoms with Crippen LogP contribution in [0.15, 0.2) is 23.8 Å². The molecule has 0 aromatic rings. The van der Waals surface area contributed by atoms with Crippen LogP contribution in [0.1, 0.15) is 40.0 Å². The van der Waals surface area contributed by atoms with Crippen molar-refractivity contribution in [1.29, 1.82) is 0 Å². The molecule has 1 saturated heterocycles. The molecule has 0 amide bonds. The van der Waals surface area contributed by atoms with Gasteiger partial charge in [0.05, 0.1) is 12.0 Å². The summed E-state index contributed by atoms with van der Waals surface area (Å²) in [5, 5.41) is 0.484. The van der Waals surface area contributed by atoms with Gasteiger partial charge in [0.15, 0.2) is 5.78 Å². The Hall–Kier alpha value is -1.03. The topological polar surface area (TPSA) is 43.4 Å². The van der Waals surface area contributed by atoms with Crippen molar-refractivity contribution in [3.63, 3.8) is 0 Å². The van der Waals surface area contributed by atoms with Crippen molar-refractivity contribution in [2.75, 3.05) is 12.4 Å². The molecule has 4 aliphatic rings. The van der Waals surface area contributed by atoms with Gasteiger partial charge in [-0.2, -0.15) is 11.8 Å². The standard InChI is InChI=1S/C20H26O3S/c1-4-24-16-10-12-9-13(21)5-7-19(12,2)14-6-8-20(3)15(17(14)16)11-23-18(20)22/h5,7,9,14-17H,4,6,8,10-11H2,1-3H3/t14-,15-,16+,17+,19-,20-/m0/s1. The maximum atomic E-state index is 12.4. The van der Waals surface area contributed by atoms with Gasteiger partial charge in [-0.15, -0.1) is 0 Å². The number of cyclic esters (lactones) is 1. The molecule has 130 valence electrons. The third-order valence-corrected chi connectivity index (χ3v) is 8.43. The lowest BCUT2D eigenvalue weighted by atomic mass is 9.48. The minimum Gasteiger partial charge on any atom is -0.465 e. The molecule has 0 spiro atoms. The zero-order valence-corrected chi connectivity index (χ0v) is 15.5. The van der Waals surface area contributed by atoms with Crippen molar-refractivity contribution in [3.05, 3.63) is 23.8 Å². The Morgan fingerprint density at radius 3 is 2.83 bits per heavy atom. The second-order valence-corrected chi connectivity index (χ2v) is 9.75. The number of ketones is 1. The molecule has 3 nitrogen and oxygen atoms in total. The Labute approximate surface area is 148 Å². The lowest BCUT2D eigenvalue weighted by Crippen LogP contribution is -2.54. The van der Waals surface area contributed by atoms with E-state index in [0.29, 0.717) is 29.6 Å². The highest BCUT2D eigenvalue weighted by Crippen LogP contribution is 2.63. The van der Waals surface area contributed by atoms with Crippen LogP contribution in [0.4, 0.5) is 0 Å². The first kappa shape index (κ1) is 16.4. The monoisotopic (exact) mass is 346 g/mol. The number of rotatable bonds is 2. The van der Waals surface area contributed by atoms with Crippen LogP contribution in [0, 0.1) is 28.6 Å². The fraction of sp³-hybridized carbons (Fsp3) is 0.700. The molecule has 0 bridgehead atoms. The first-order valence-corrected chi connectivity index (χ1v) is 10.2. The highest BCUT2D eigenvalue weighted by Gasteiger charge is 2.62. The number of ether oxygens (including phenoxy) is 1. The Morgan fingerprint density at radius 2 is 2.08 bits per heavy atom. The van der Waals surface area contributed by atoms with Crippen LogP contribution in [0.25, 0.3) is 0 Å². The molecule has 6 atom stereocenters. The normalized spacial score (nSPS) is 46.7. The van der Waals surface area contributed by atoms with E-state index >= 15 is 0 Å². The Morgan fingerprint density at radius 1 is 1.29 bits per heavy atom. The van der Waals surface area contributed by atoms with Crippen LogP contribution in [-0.2, 0) is 14.3 Å². The summed E-state index contributed by atoms with van der Waals surface area (Å²) in [5.41, 5.74) is 0.964. The van der Waals surface area contributed by atoms with Gasteiger partial charge in [-0.25, -0.2) is 0 Å². The molecule has 1 aliphatic heterocycles. The Kier molecular flexibility index (Phi) is 3.76. The number of esters is 1. The van der Waals surface area contributed by atoms with Crippen molar-refractivity contribution >= 4 is 23.5 Å². The van der Waals surface area contributed by atoms with E-state index in [4.69, 9.17) is 4.74 Å². The minimum atomic E-state index is -0.306. The molecule has 3 fully saturated rings. The largest absolute Gasteiger partial charge is 0.465 e. The summed E-state index contributed by atoms with van der Waals surface area (Å²) in [6, 6.07) is 0. The second-order valence-electron chi connectivity index (χ2n) is 8.23. The molecule has 0 unspecified atom stereocenters. The van der Waals surface area contributed by atoms with Gasteiger partial charge in [0.2, 0.25) is 0 Å². The average molecular weight is 346 g/mol. The Bertz CT molecular complexity index is 651. The quantitative estimate of drug-likeness (QED) is 0.714. The fourth-order valence-corrected chi connectivity index (χ4v) is 7.08. The Balaban J connectivity index is 1.77. The number of allylic oxidation sites excluding steroid dienone is 4. The van der Waals surface area contributed by atoms with E-state index in [1.165, 1.54) is 5.57 Å². The lowest BCUT2D eigenvalue weighted by molar-refractivity contribution is -0.148. The van der Waals surface area contributed by atoms with Crippen LogP contribution < -0.4 is 0 Å². The molecular weight excluding hydrogens is 320 g/mol. The number of carbonyl (C=O) groups is 2. The van der Waals surface area contributed by atoms with E-state index in [0.717, 1.165) is 25.0 Å². The second kappa shape index (κ2) is 5.48. The molecule has 3 aliphatic carbocycles. The predicted molar refractivity (Wildman–Crippen MR) is 95.6 cm³/mol. The van der Waals surface area contributed by atoms with Crippen LogP contribution in [-0.4, -0.2) is 29.4 Å². The first-order valence-electron chi connectivity index (χ1n) is 9.13. The molecule has 0 aromatic carbocycles. The van der Waals surface area contributed by atoms with E-state index in [2.05, 4.69) is 26.8 Å². The van der Waals surface area contributed by atoms with E-state index in [1.807, 2.05) is 17.8 Å². The molecule has 0 aromatic heterocycles. The summed E-state index contributed by atoms with van der Waals surface area (Å²) in [6.45, 7) is 7.19. The molecule has 4 heteroatoms. The van der Waals surface area contributed by atoms with Crippen molar-refractivity contribution in [2.45, 2.75) is 45.3 Å². The average Bonchev–Trinajstić information content (AvgIpc) is 2.85. The number of thioether (sulfide) groups is 1. The SMILES string of the molecule is CCS[C@@H]1CC2=CC(=O)C=C[C@]2(C)[C@H]2CC[C@]3(C)C(=O)OC[C@H]3[C@H]12. The zero-order chi connectivity index (χ0) is 17.1. The summed E-state index contributed by atoms with van der Waals surface area (Å²) in [4.78, 5) is 24.3. The van der Waals surface area contributed by atoms with Crippen molar-refractivity contribution in [3.8, 4) is 0 Å². The molecule has 4 rings (SSSR count). The van der Waals surface area contributed by atoms with Gasteiger partial charge in [0.25, 0.3) is 0 Å². The summed E-state index contributed by atoms with van der Waals surface area (Å²) < 4.78 is 5.53. The first-order chi connectivity index (χ1) is 11.4. The maximum absolute atomic E-state index is 12.4. The lowest BCUT2D eigenvalue weighted by Gasteiger charge is -2.57. The molecular formula is C20H26O3S. The van der Waals surface area contributed by atoms with E-state index in [9.17, 15) is 9.59 Å². The van der Waals surface area contributed by atoms with Crippen LogP contribution in [0.2, 0.25) is 0 Å². The summed E-state index contributed by atoms with van der Waals surface area (Å²) in [5.74, 6) is 2.50. The zero-order valence-electron chi connectivity index (χ0n) is 14.7. The highest BCUT2D eigenvalue weighted by atomic mass is 32.2. The van der Waals surface area contributed by atoms with Gasteiger partial charge in [0, 0.05) is 16.6 Å². The van der Waals surface area contributed by atoms with E-state index in [-0.39, 0.29) is 22.6 Å². The number of hydrogen-bond acceptors (Lipinski definition) is 4. The van der Waals surface area contributed by atoms with E-state index in [1.54, 1.807) is 6.08 Å². The minimum absolute atomic E-state index is 0.00653.